The van der Waals surface area contributed by atoms with Gasteiger partial charge in [-0.2, -0.15) is 0 Å². The maximum absolute atomic E-state index is 6.88. The fraction of sp³-hybridized carbons (Fsp3) is 0.583. The largest absolute Gasteiger partial charge is 0.483 e. The van der Waals surface area contributed by atoms with Crippen molar-refractivity contribution in [2.45, 2.75) is 275 Å². The Bertz CT molecular complexity index is 3250. The van der Waals surface area contributed by atoms with Gasteiger partial charge in [-0.3, -0.25) is 28.1 Å². The number of ether oxygens (including phenoxy) is 6. The van der Waals surface area contributed by atoms with Gasteiger partial charge < -0.3 is 28.4 Å². The average molecular weight is 1320 g/mol. The van der Waals surface area contributed by atoms with Crippen molar-refractivity contribution in [1.82, 2.24) is 90.0 Å². The molecule has 0 amide bonds. The topological polar surface area (TPSA) is 240 Å². The second-order valence-corrected chi connectivity index (χ2v) is 25.5. The second-order valence-electron chi connectivity index (χ2n) is 25.5. The SMILES string of the molecule is CCCCCCn1cc(COc2cc3c4cc(OCc5cn(CCCCCC)nn5)c(OCc5cn(CCCCCC)nn5)cc4c4cc(OCc5cn(CCCCCC)nn5)c(OCc5cn(CCCCCC)nn5)cc4c3cc2OCc2cn(CCCCCC)nn2)nn1. The van der Waals surface area contributed by atoms with Gasteiger partial charge in [0.15, 0.2) is 34.5 Å². The molecule has 0 aliphatic carbocycles. The molecule has 0 atom stereocenters. The number of aromatic nitrogens is 18. The smallest absolute Gasteiger partial charge is 0.162 e. The van der Waals surface area contributed by atoms with E-state index in [1.807, 2.05) is 65.3 Å². The van der Waals surface area contributed by atoms with Gasteiger partial charge in [0.25, 0.3) is 0 Å². The summed E-state index contributed by atoms with van der Waals surface area (Å²) in [6.07, 6.45) is 38.7. The molecule has 0 saturated heterocycles. The zero-order valence-electron chi connectivity index (χ0n) is 57.9. The van der Waals surface area contributed by atoms with E-state index in [0.29, 0.717) is 68.7 Å². The Labute approximate surface area is 565 Å². The molecule has 0 aliphatic rings. The standard InChI is InChI=1S/C72H102N18O6/c1-7-13-19-25-31-85-43-55(73-79-85)49-91-67-37-61-62(38-68(67)92-50-56-44-86(80-74-56)32-26-20-14-8-2)64-40-70(94-52-58-46-88(82-76-58)34-28-22-16-10-4)72(96-54-60-48-90(84-78-60)36-30-24-18-12-6)42-66(64)65-41-71(95-53-59-47-89(83-77-59)35-29-23-17-11-5)69(39-63(61)65)93-51-57-45-87(81-75-57)33-27-21-15-9-3/h37-48H,7-36,49-54H2,1-6H3. The van der Waals surface area contributed by atoms with E-state index >= 15 is 0 Å². The van der Waals surface area contributed by atoms with Crippen LogP contribution in [0.15, 0.2) is 73.6 Å². The van der Waals surface area contributed by atoms with Gasteiger partial charge in [0, 0.05) is 39.3 Å². The van der Waals surface area contributed by atoms with Gasteiger partial charge in [-0.1, -0.05) is 188 Å². The van der Waals surface area contributed by atoms with E-state index in [0.717, 1.165) is 187 Å². The monoisotopic (exact) mass is 1310 g/mol. The van der Waals surface area contributed by atoms with Gasteiger partial charge >= 0.3 is 0 Å². The third-order valence-electron chi connectivity index (χ3n) is 17.3. The molecule has 96 heavy (non-hydrogen) atoms. The first kappa shape index (κ1) is 70.1. The molecule has 0 aliphatic heterocycles. The average Bonchev–Trinajstić information content (AvgIpc) is 1.16. The molecule has 10 aromatic rings. The minimum Gasteiger partial charge on any atom is -0.483 e. The first-order chi connectivity index (χ1) is 47.3. The number of fused-ring (bicyclic) bond motifs is 6. The van der Waals surface area contributed by atoms with E-state index in [9.17, 15) is 0 Å². The van der Waals surface area contributed by atoms with Crippen LogP contribution in [-0.4, -0.2) is 90.0 Å². The second kappa shape index (κ2) is 37.6. The fourth-order valence-electron chi connectivity index (χ4n) is 11.9. The van der Waals surface area contributed by atoms with Crippen LogP contribution in [0.4, 0.5) is 0 Å². The number of hydrogen-bond acceptors (Lipinski definition) is 18. The van der Waals surface area contributed by atoms with Gasteiger partial charge in [-0.25, -0.2) is 0 Å². The lowest BCUT2D eigenvalue weighted by Gasteiger charge is -2.20. The molecule has 6 aromatic heterocycles. The number of hydrogen-bond donors (Lipinski definition) is 0. The van der Waals surface area contributed by atoms with Crippen molar-refractivity contribution in [3.05, 3.63) is 108 Å². The highest BCUT2D eigenvalue weighted by Crippen LogP contribution is 2.48. The Kier molecular flexibility index (Phi) is 27.4. The van der Waals surface area contributed by atoms with Crippen LogP contribution in [0.25, 0.3) is 32.3 Å². The summed E-state index contributed by atoms with van der Waals surface area (Å²) in [6, 6.07) is 12.3. The van der Waals surface area contributed by atoms with E-state index in [4.69, 9.17) is 28.4 Å². The summed E-state index contributed by atoms with van der Waals surface area (Å²) in [6.45, 7) is 18.8. The van der Waals surface area contributed by atoms with Crippen molar-refractivity contribution in [3.63, 3.8) is 0 Å². The molecule has 0 saturated carbocycles. The van der Waals surface area contributed by atoms with Crippen LogP contribution in [0.5, 0.6) is 34.5 Å². The van der Waals surface area contributed by atoms with Crippen LogP contribution >= 0.6 is 0 Å². The molecule has 24 nitrogen and oxygen atoms in total. The summed E-state index contributed by atoms with van der Waals surface area (Å²) in [7, 11) is 0. The summed E-state index contributed by atoms with van der Waals surface area (Å²) < 4.78 is 52.7. The van der Waals surface area contributed by atoms with Crippen LogP contribution < -0.4 is 28.4 Å². The van der Waals surface area contributed by atoms with Crippen LogP contribution in [-0.2, 0) is 78.9 Å². The maximum atomic E-state index is 6.88. The molecule has 0 fully saturated rings. The van der Waals surface area contributed by atoms with Crippen LogP contribution in [0.1, 0.15) is 230 Å². The zero-order valence-corrected chi connectivity index (χ0v) is 57.9. The Morgan fingerprint density at radius 1 is 0.219 bits per heavy atom. The molecular formula is C72H102N18O6. The summed E-state index contributed by atoms with van der Waals surface area (Å²) in [5.74, 6) is 2.98. The van der Waals surface area contributed by atoms with Crippen molar-refractivity contribution in [1.29, 1.82) is 0 Å². The highest BCUT2D eigenvalue weighted by Gasteiger charge is 2.23. The first-order valence-corrected chi connectivity index (χ1v) is 36.0. The Morgan fingerprint density at radius 3 is 0.521 bits per heavy atom. The molecule has 4 aromatic carbocycles. The maximum Gasteiger partial charge on any atom is 0.162 e. The Hall–Kier alpha value is -8.70. The van der Waals surface area contributed by atoms with Gasteiger partial charge in [0.2, 0.25) is 0 Å². The number of benzene rings is 4. The third-order valence-corrected chi connectivity index (χ3v) is 17.3. The molecule has 0 unspecified atom stereocenters. The number of rotatable bonds is 48. The first-order valence-electron chi connectivity index (χ1n) is 36.0. The van der Waals surface area contributed by atoms with Crippen molar-refractivity contribution in [3.8, 4) is 34.5 Å². The Balaban J connectivity index is 1.11. The lowest BCUT2D eigenvalue weighted by atomic mass is 9.93. The predicted molar refractivity (Wildman–Crippen MR) is 370 cm³/mol. The van der Waals surface area contributed by atoms with E-state index in [1.165, 1.54) is 38.5 Å². The van der Waals surface area contributed by atoms with Crippen molar-refractivity contribution >= 4 is 32.3 Å². The highest BCUT2D eigenvalue weighted by atomic mass is 16.5. The van der Waals surface area contributed by atoms with Crippen LogP contribution in [0, 0.1) is 0 Å². The number of aryl methyl sites for hydroxylation is 6. The summed E-state index contributed by atoms with van der Waals surface area (Å²) in [5, 5.41) is 59.4. The van der Waals surface area contributed by atoms with Gasteiger partial charge in [-0.05, 0) is 107 Å². The van der Waals surface area contributed by atoms with E-state index in [1.54, 1.807) is 0 Å². The van der Waals surface area contributed by atoms with Crippen molar-refractivity contribution < 1.29 is 28.4 Å². The molecular weight excluding hydrogens is 1210 g/mol. The predicted octanol–water partition coefficient (Wildman–Crippen LogP) is 15.7. The van der Waals surface area contributed by atoms with Crippen LogP contribution in [0.3, 0.4) is 0 Å². The molecule has 0 bridgehead atoms. The zero-order chi connectivity index (χ0) is 66.5. The number of nitrogens with zero attached hydrogens (tertiary/aromatic N) is 18. The minimum absolute atomic E-state index is 0.139. The van der Waals surface area contributed by atoms with E-state index < -0.39 is 0 Å². The fourth-order valence-corrected chi connectivity index (χ4v) is 11.9. The van der Waals surface area contributed by atoms with E-state index in [-0.39, 0.29) is 39.6 Å². The third kappa shape index (κ3) is 20.7. The Morgan fingerprint density at radius 2 is 0.375 bits per heavy atom. The summed E-state index contributed by atoms with van der Waals surface area (Å²) in [4.78, 5) is 0. The minimum atomic E-state index is 0.139. The molecule has 0 N–H and O–H groups in total. The van der Waals surface area contributed by atoms with Crippen molar-refractivity contribution in [2.24, 2.45) is 0 Å². The van der Waals surface area contributed by atoms with Gasteiger partial charge in [0.1, 0.15) is 73.8 Å². The van der Waals surface area contributed by atoms with Crippen LogP contribution in [0.2, 0.25) is 0 Å². The quantitative estimate of drug-likeness (QED) is 0.0254. The molecule has 0 radical (unpaired) electrons. The summed E-state index contributed by atoms with van der Waals surface area (Å²) in [5.41, 5.74) is 4.16. The summed E-state index contributed by atoms with van der Waals surface area (Å²) >= 11 is 0. The molecule has 0 spiro atoms. The molecule has 10 rings (SSSR count). The van der Waals surface area contributed by atoms with Crippen molar-refractivity contribution in [2.75, 3.05) is 0 Å². The highest BCUT2D eigenvalue weighted by molar-refractivity contribution is 6.27. The lowest BCUT2D eigenvalue weighted by molar-refractivity contribution is 0.252. The lowest BCUT2D eigenvalue weighted by Crippen LogP contribution is -2.04. The molecule has 516 valence electrons. The normalized spacial score (nSPS) is 11.7. The molecule has 24 heteroatoms. The molecule has 6 heterocycles. The number of unbranched alkanes of at least 4 members (excludes halogenated alkanes) is 18. The van der Waals surface area contributed by atoms with Gasteiger partial charge in [0.05, 0.1) is 37.2 Å². The van der Waals surface area contributed by atoms with Gasteiger partial charge in [-0.15, -0.1) is 30.6 Å². The van der Waals surface area contributed by atoms with E-state index in [2.05, 4.69) is 140 Å².